The zero-order chi connectivity index (χ0) is 10.7. The van der Waals surface area contributed by atoms with Crippen molar-refractivity contribution in [1.82, 2.24) is 10.2 Å². The number of hydrogen-bond donors (Lipinski definition) is 1. The van der Waals surface area contributed by atoms with Gasteiger partial charge in [0, 0.05) is 11.4 Å². The van der Waals surface area contributed by atoms with Gasteiger partial charge in [-0.05, 0) is 24.6 Å². The Hall–Kier alpha value is -0.910. The van der Waals surface area contributed by atoms with Crippen LogP contribution in [0.3, 0.4) is 0 Å². The molecule has 15 heavy (non-hydrogen) atoms. The number of aryl methyl sites for hydroxylation is 1. The molecule has 1 aromatic carbocycles. The molecule has 0 amide bonds. The molecule has 0 spiro atoms. The molecule has 0 unspecified atom stereocenters. The molecule has 0 bridgehead atoms. The van der Waals surface area contributed by atoms with E-state index in [2.05, 4.69) is 22.3 Å². The van der Waals surface area contributed by atoms with Crippen molar-refractivity contribution in [2.75, 3.05) is 0 Å². The molecule has 1 heterocycles. The Morgan fingerprint density at radius 3 is 2.53 bits per heavy atom. The van der Waals surface area contributed by atoms with E-state index in [9.17, 15) is 0 Å². The fraction of sp³-hybridized carbons (Fsp3) is 0.200. The van der Waals surface area contributed by atoms with Gasteiger partial charge in [0.05, 0.1) is 0 Å². The molecule has 0 radical (unpaired) electrons. The fourth-order valence-corrected chi connectivity index (χ4v) is 2.90. The van der Waals surface area contributed by atoms with Crippen LogP contribution in [0.2, 0.25) is 0 Å². The molecule has 2 rings (SSSR count). The predicted octanol–water partition coefficient (Wildman–Crippen LogP) is 2.46. The minimum atomic E-state index is 0.586. The van der Waals surface area contributed by atoms with Crippen molar-refractivity contribution in [3.05, 3.63) is 34.8 Å². The summed E-state index contributed by atoms with van der Waals surface area (Å²) in [6, 6.07) is 8.19. The van der Waals surface area contributed by atoms with Crippen LogP contribution in [0.1, 0.15) is 10.6 Å². The van der Waals surface area contributed by atoms with Crippen LogP contribution < -0.4 is 5.73 Å². The lowest BCUT2D eigenvalue weighted by Gasteiger charge is -1.98. The third-order valence-corrected chi connectivity index (χ3v) is 3.77. The van der Waals surface area contributed by atoms with Crippen molar-refractivity contribution in [3.8, 4) is 0 Å². The van der Waals surface area contributed by atoms with Crippen molar-refractivity contribution in [1.29, 1.82) is 0 Å². The van der Waals surface area contributed by atoms with E-state index in [-0.39, 0.29) is 0 Å². The molecule has 3 nitrogen and oxygen atoms in total. The van der Waals surface area contributed by atoms with Crippen LogP contribution in [0.4, 0.5) is 0 Å². The van der Waals surface area contributed by atoms with Gasteiger partial charge in [0.25, 0.3) is 0 Å². The van der Waals surface area contributed by atoms with E-state index in [0.717, 1.165) is 14.9 Å². The third-order valence-electron chi connectivity index (χ3n) is 1.87. The Kier molecular flexibility index (Phi) is 3.35. The van der Waals surface area contributed by atoms with Crippen molar-refractivity contribution in [2.45, 2.75) is 22.7 Å². The summed E-state index contributed by atoms with van der Waals surface area (Å²) in [5, 5.41) is 9.03. The molecular formula is C10H11N3S2. The Morgan fingerprint density at radius 2 is 2.00 bits per heavy atom. The second-order valence-electron chi connectivity index (χ2n) is 3.04. The molecule has 0 saturated carbocycles. The number of hydrogen-bond acceptors (Lipinski definition) is 5. The van der Waals surface area contributed by atoms with E-state index in [0.29, 0.717) is 6.54 Å². The molecule has 2 aromatic rings. The summed E-state index contributed by atoms with van der Waals surface area (Å²) < 4.78 is 0.980. The van der Waals surface area contributed by atoms with Gasteiger partial charge < -0.3 is 5.73 Å². The largest absolute Gasteiger partial charge is 0.326 e. The molecule has 0 aliphatic carbocycles. The van der Waals surface area contributed by atoms with Crippen LogP contribution in [0.25, 0.3) is 0 Å². The summed E-state index contributed by atoms with van der Waals surface area (Å²) in [4.78, 5) is 1.17. The molecule has 0 saturated heterocycles. The van der Waals surface area contributed by atoms with Crippen molar-refractivity contribution >= 4 is 23.1 Å². The first-order valence-electron chi connectivity index (χ1n) is 4.55. The maximum Gasteiger partial charge on any atom is 0.179 e. The quantitative estimate of drug-likeness (QED) is 0.891. The Morgan fingerprint density at radius 1 is 1.27 bits per heavy atom. The average Bonchev–Trinajstić information content (AvgIpc) is 2.65. The highest BCUT2D eigenvalue weighted by atomic mass is 32.2. The van der Waals surface area contributed by atoms with E-state index in [4.69, 9.17) is 5.73 Å². The summed E-state index contributed by atoms with van der Waals surface area (Å²) in [6.07, 6.45) is 0. The van der Waals surface area contributed by atoms with E-state index >= 15 is 0 Å². The topological polar surface area (TPSA) is 51.8 Å². The number of nitrogens with two attached hydrogens (primary N) is 1. The zero-order valence-electron chi connectivity index (χ0n) is 8.30. The van der Waals surface area contributed by atoms with E-state index in [1.54, 1.807) is 23.1 Å². The van der Waals surface area contributed by atoms with Crippen molar-refractivity contribution in [2.24, 2.45) is 5.73 Å². The number of nitrogens with zero attached hydrogens (tertiary/aromatic N) is 2. The fourth-order valence-electron chi connectivity index (χ4n) is 1.11. The Bertz CT molecular complexity index is 436. The Balaban J connectivity index is 2.11. The van der Waals surface area contributed by atoms with Crippen LogP contribution in [0.15, 0.2) is 33.5 Å². The molecule has 0 atom stereocenters. The highest BCUT2D eigenvalue weighted by molar-refractivity contribution is 8.01. The third kappa shape index (κ3) is 2.77. The number of benzene rings is 1. The average molecular weight is 237 g/mol. The first-order valence-corrected chi connectivity index (χ1v) is 6.18. The highest BCUT2D eigenvalue weighted by Crippen LogP contribution is 2.29. The highest BCUT2D eigenvalue weighted by Gasteiger charge is 2.02. The van der Waals surface area contributed by atoms with Crippen molar-refractivity contribution in [3.63, 3.8) is 0 Å². The summed E-state index contributed by atoms with van der Waals surface area (Å²) in [7, 11) is 0. The number of rotatable bonds is 3. The lowest BCUT2D eigenvalue weighted by Crippen LogP contribution is -1.94. The van der Waals surface area contributed by atoms with E-state index in [1.807, 2.05) is 19.1 Å². The first-order chi connectivity index (χ1) is 7.28. The smallest absolute Gasteiger partial charge is 0.179 e. The van der Waals surface area contributed by atoms with Gasteiger partial charge in [0.15, 0.2) is 4.34 Å². The second-order valence-corrected chi connectivity index (χ2v) is 5.54. The van der Waals surface area contributed by atoms with Crippen LogP contribution >= 0.6 is 23.1 Å². The van der Waals surface area contributed by atoms with Crippen molar-refractivity contribution < 1.29 is 0 Å². The van der Waals surface area contributed by atoms with Gasteiger partial charge in [-0.2, -0.15) is 0 Å². The van der Waals surface area contributed by atoms with E-state index in [1.165, 1.54) is 4.90 Å². The van der Waals surface area contributed by atoms with Gasteiger partial charge in [-0.15, -0.1) is 10.2 Å². The van der Waals surface area contributed by atoms with Crippen LogP contribution in [0.5, 0.6) is 0 Å². The molecule has 1 aromatic heterocycles. The monoisotopic (exact) mass is 237 g/mol. The van der Waals surface area contributed by atoms with Gasteiger partial charge in [0.2, 0.25) is 0 Å². The van der Waals surface area contributed by atoms with E-state index < -0.39 is 0 Å². The summed E-state index contributed by atoms with van der Waals surface area (Å²) in [5.41, 5.74) is 6.67. The predicted molar refractivity (Wildman–Crippen MR) is 63.1 cm³/mol. The summed E-state index contributed by atoms with van der Waals surface area (Å²) in [5.74, 6) is 0. The van der Waals surface area contributed by atoms with Gasteiger partial charge in [-0.25, -0.2) is 0 Å². The first kappa shape index (κ1) is 10.6. The number of aromatic nitrogens is 2. The van der Waals surface area contributed by atoms with Gasteiger partial charge >= 0.3 is 0 Å². The van der Waals surface area contributed by atoms with Crippen LogP contribution in [-0.2, 0) is 6.54 Å². The molecule has 0 aliphatic rings. The van der Waals surface area contributed by atoms with Gasteiger partial charge in [-0.3, -0.25) is 0 Å². The van der Waals surface area contributed by atoms with Crippen LogP contribution in [0, 0.1) is 6.92 Å². The molecule has 5 heteroatoms. The molecular weight excluding hydrogens is 226 g/mol. The summed E-state index contributed by atoms with van der Waals surface area (Å²) in [6.45, 7) is 2.54. The molecule has 2 N–H and O–H groups in total. The zero-order valence-corrected chi connectivity index (χ0v) is 9.94. The summed E-state index contributed by atoms with van der Waals surface area (Å²) >= 11 is 3.24. The second kappa shape index (κ2) is 4.74. The SMILES string of the molecule is Cc1nnc(Sc2ccc(CN)cc2)s1. The molecule has 78 valence electrons. The minimum absolute atomic E-state index is 0.586. The molecule has 0 aliphatic heterocycles. The van der Waals surface area contributed by atoms with Crippen LogP contribution in [-0.4, -0.2) is 10.2 Å². The maximum atomic E-state index is 5.53. The normalized spacial score (nSPS) is 10.5. The van der Waals surface area contributed by atoms with Gasteiger partial charge in [-0.1, -0.05) is 35.2 Å². The standard InChI is InChI=1S/C10H11N3S2/c1-7-12-13-10(14-7)15-9-4-2-8(6-11)3-5-9/h2-5H,6,11H2,1H3. The lowest BCUT2D eigenvalue weighted by molar-refractivity contribution is 0.983. The molecule has 0 fully saturated rings. The maximum absolute atomic E-state index is 5.53. The minimum Gasteiger partial charge on any atom is -0.326 e. The van der Waals surface area contributed by atoms with Gasteiger partial charge in [0.1, 0.15) is 5.01 Å². The Labute approximate surface area is 96.7 Å². The lowest BCUT2D eigenvalue weighted by atomic mass is 10.2.